The lowest BCUT2D eigenvalue weighted by atomic mass is 9.98. The molecule has 1 amide bonds. The number of amides is 1. The minimum Gasteiger partial charge on any atom is -0.394 e. The molecular formula is C75H147NO10. The van der Waals surface area contributed by atoms with Gasteiger partial charge in [0.2, 0.25) is 5.91 Å². The Hall–Kier alpha value is -1.15. The van der Waals surface area contributed by atoms with Gasteiger partial charge in [0.25, 0.3) is 0 Å². The van der Waals surface area contributed by atoms with Crippen molar-refractivity contribution >= 4 is 5.91 Å². The van der Waals surface area contributed by atoms with Crippen LogP contribution in [0.2, 0.25) is 0 Å². The number of hydrogen-bond donors (Lipinski definition) is 8. The predicted octanol–water partition coefficient (Wildman–Crippen LogP) is 19.0. The van der Waals surface area contributed by atoms with E-state index in [2.05, 4.69) is 31.3 Å². The molecule has 11 nitrogen and oxygen atoms in total. The lowest BCUT2D eigenvalue weighted by Crippen LogP contribution is -2.60. The Kier molecular flexibility index (Phi) is 61.6. The van der Waals surface area contributed by atoms with Crippen LogP contribution in [-0.2, 0) is 14.3 Å². The Bertz CT molecular complexity index is 1400. The minimum absolute atomic E-state index is 0.260. The van der Waals surface area contributed by atoms with E-state index in [4.69, 9.17) is 9.47 Å². The van der Waals surface area contributed by atoms with E-state index in [-0.39, 0.29) is 12.8 Å². The van der Waals surface area contributed by atoms with Gasteiger partial charge in [-0.2, -0.15) is 0 Å². The number of carbonyl (C=O) groups excluding carboxylic acids is 1. The van der Waals surface area contributed by atoms with Gasteiger partial charge in [-0.15, -0.1) is 0 Å². The summed E-state index contributed by atoms with van der Waals surface area (Å²) in [5.74, 6) is -0.697. The van der Waals surface area contributed by atoms with Crippen LogP contribution in [0.25, 0.3) is 0 Å². The van der Waals surface area contributed by atoms with Gasteiger partial charge >= 0.3 is 0 Å². The lowest BCUT2D eigenvalue weighted by molar-refractivity contribution is -0.303. The van der Waals surface area contributed by atoms with Gasteiger partial charge < -0.3 is 50.5 Å². The number of carbonyl (C=O) groups is 1. The number of aliphatic hydroxyl groups is 7. The van der Waals surface area contributed by atoms with Gasteiger partial charge in [-0.25, -0.2) is 0 Å². The Morgan fingerprint density at radius 3 is 1.00 bits per heavy atom. The molecule has 8 N–H and O–H groups in total. The van der Waals surface area contributed by atoms with Crippen molar-refractivity contribution in [1.29, 1.82) is 0 Å². The first-order valence-electron chi connectivity index (χ1n) is 38.1. The molecule has 0 aromatic carbocycles. The smallest absolute Gasteiger partial charge is 0.249 e. The second kappa shape index (κ2) is 64.0. The van der Waals surface area contributed by atoms with Crippen LogP contribution in [0.4, 0.5) is 0 Å². The van der Waals surface area contributed by atoms with Gasteiger partial charge in [0.05, 0.1) is 25.4 Å². The summed E-state index contributed by atoms with van der Waals surface area (Å²) in [5, 5.41) is 76.6. The molecule has 1 fully saturated rings. The third-order valence-electron chi connectivity index (χ3n) is 18.8. The molecule has 9 atom stereocenters. The van der Waals surface area contributed by atoms with E-state index in [1.807, 2.05) is 0 Å². The number of ether oxygens (including phenoxy) is 2. The summed E-state index contributed by atoms with van der Waals surface area (Å²) in [7, 11) is 0. The molecule has 1 saturated heterocycles. The largest absolute Gasteiger partial charge is 0.394 e. The predicted molar refractivity (Wildman–Crippen MR) is 363 cm³/mol. The SMILES string of the molecule is CCCCCCCCCCCCCCCCCCCCCCCCCC/C=C/CCCC(O)C(O)C(COC1OC(CO)C(O)C(O)C1O)NC(=O)C(O)CCCCCCCCCCCCCCCCCCCCCCCCCCCCCCCC. The van der Waals surface area contributed by atoms with Crippen LogP contribution in [0.3, 0.4) is 0 Å². The summed E-state index contributed by atoms with van der Waals surface area (Å²) in [5.41, 5.74) is 0. The maximum absolute atomic E-state index is 13.3. The van der Waals surface area contributed by atoms with Crippen LogP contribution in [-0.4, -0.2) is 110 Å². The Morgan fingerprint density at radius 2 is 0.686 bits per heavy atom. The molecule has 0 aliphatic carbocycles. The number of unbranched alkanes of at least 4 members (excludes halogenated alkanes) is 54. The van der Waals surface area contributed by atoms with E-state index in [0.717, 1.165) is 32.1 Å². The number of rotatable bonds is 68. The topological polar surface area (TPSA) is 189 Å². The normalized spacial score (nSPS) is 18.7. The van der Waals surface area contributed by atoms with Gasteiger partial charge in [0.15, 0.2) is 6.29 Å². The summed E-state index contributed by atoms with van der Waals surface area (Å²) in [6.07, 6.45) is 68.9. The second-order valence-electron chi connectivity index (χ2n) is 27.1. The number of allylic oxidation sites excluding steroid dienone is 2. The molecule has 0 radical (unpaired) electrons. The molecule has 1 heterocycles. The Labute approximate surface area is 532 Å². The quantitative estimate of drug-likeness (QED) is 0.0215. The third kappa shape index (κ3) is 50.5. The lowest BCUT2D eigenvalue weighted by Gasteiger charge is -2.40. The van der Waals surface area contributed by atoms with Crippen molar-refractivity contribution < 1.29 is 50.0 Å². The number of nitrogens with one attached hydrogen (secondary N) is 1. The van der Waals surface area contributed by atoms with Gasteiger partial charge in [0, 0.05) is 0 Å². The van der Waals surface area contributed by atoms with Gasteiger partial charge in [-0.1, -0.05) is 366 Å². The average Bonchev–Trinajstić information content (AvgIpc) is 2.94. The zero-order chi connectivity index (χ0) is 62.4. The fourth-order valence-electron chi connectivity index (χ4n) is 12.7. The molecule has 86 heavy (non-hydrogen) atoms. The molecule has 0 spiro atoms. The summed E-state index contributed by atoms with van der Waals surface area (Å²) in [6, 6.07) is -1.18. The summed E-state index contributed by atoms with van der Waals surface area (Å²) in [6.45, 7) is 3.52. The van der Waals surface area contributed by atoms with Crippen molar-refractivity contribution in [1.82, 2.24) is 5.32 Å². The highest BCUT2D eigenvalue weighted by atomic mass is 16.7. The highest BCUT2D eigenvalue weighted by molar-refractivity contribution is 5.80. The Morgan fingerprint density at radius 1 is 0.395 bits per heavy atom. The summed E-state index contributed by atoms with van der Waals surface area (Å²) in [4.78, 5) is 13.3. The molecule has 11 heteroatoms. The minimum atomic E-state index is -1.67. The van der Waals surface area contributed by atoms with Crippen molar-refractivity contribution in [2.75, 3.05) is 13.2 Å². The summed E-state index contributed by atoms with van der Waals surface area (Å²) < 4.78 is 11.2. The van der Waals surface area contributed by atoms with Crippen LogP contribution in [0.5, 0.6) is 0 Å². The second-order valence-corrected chi connectivity index (χ2v) is 27.1. The van der Waals surface area contributed by atoms with Crippen LogP contribution in [0.15, 0.2) is 12.2 Å². The standard InChI is InChI=1S/C75H147NO10/c1-3-5-7-9-11-13-15-17-19-21-23-25-27-29-31-33-35-37-39-41-43-45-47-49-51-53-55-57-59-61-63-68(79)74(84)76-66(65-85-75-73(83)72(82)71(81)69(64-77)86-75)70(80)67(78)62-60-58-56-54-52-50-48-46-44-42-40-38-36-34-32-30-28-26-24-22-20-18-16-14-12-10-8-6-4-2/h54,56,66-73,75,77-83H,3-53,55,57-65H2,1-2H3,(H,76,84)/b56-54+. The van der Waals surface area contributed by atoms with E-state index in [1.54, 1.807) is 0 Å². The molecule has 0 bridgehead atoms. The van der Waals surface area contributed by atoms with Crippen LogP contribution in [0.1, 0.15) is 393 Å². The van der Waals surface area contributed by atoms with E-state index in [1.165, 1.54) is 321 Å². The van der Waals surface area contributed by atoms with Crippen LogP contribution in [0, 0.1) is 0 Å². The molecule has 512 valence electrons. The van der Waals surface area contributed by atoms with Gasteiger partial charge in [-0.3, -0.25) is 4.79 Å². The Balaban J connectivity index is 2.16. The monoisotopic (exact) mass is 1220 g/mol. The van der Waals surface area contributed by atoms with Crippen LogP contribution < -0.4 is 5.32 Å². The number of hydrogen-bond acceptors (Lipinski definition) is 10. The van der Waals surface area contributed by atoms with Crippen LogP contribution >= 0.6 is 0 Å². The van der Waals surface area contributed by atoms with Crippen molar-refractivity contribution in [3.63, 3.8) is 0 Å². The first kappa shape index (κ1) is 82.9. The molecule has 1 rings (SSSR count). The first-order chi connectivity index (χ1) is 42.2. The molecule has 9 unspecified atom stereocenters. The molecular weight excluding hydrogens is 1070 g/mol. The van der Waals surface area contributed by atoms with Crippen molar-refractivity contribution in [2.45, 2.75) is 448 Å². The maximum atomic E-state index is 13.3. The molecule has 1 aliphatic heterocycles. The van der Waals surface area contributed by atoms with Crippen molar-refractivity contribution in [3.05, 3.63) is 12.2 Å². The number of aliphatic hydroxyl groups excluding tert-OH is 7. The van der Waals surface area contributed by atoms with Crippen molar-refractivity contribution in [2.24, 2.45) is 0 Å². The fraction of sp³-hybridized carbons (Fsp3) is 0.960. The maximum Gasteiger partial charge on any atom is 0.249 e. The highest BCUT2D eigenvalue weighted by Gasteiger charge is 2.44. The van der Waals surface area contributed by atoms with E-state index in [0.29, 0.717) is 12.8 Å². The van der Waals surface area contributed by atoms with Gasteiger partial charge in [0.1, 0.15) is 36.6 Å². The van der Waals surface area contributed by atoms with E-state index >= 15 is 0 Å². The average molecular weight is 1220 g/mol. The molecule has 0 saturated carbocycles. The van der Waals surface area contributed by atoms with E-state index < -0.39 is 74.2 Å². The highest BCUT2D eigenvalue weighted by Crippen LogP contribution is 2.24. The zero-order valence-corrected chi connectivity index (χ0v) is 56.8. The van der Waals surface area contributed by atoms with E-state index in [9.17, 15) is 40.5 Å². The molecule has 0 aromatic rings. The summed E-state index contributed by atoms with van der Waals surface area (Å²) >= 11 is 0. The van der Waals surface area contributed by atoms with Gasteiger partial charge in [-0.05, 0) is 38.5 Å². The fourth-order valence-corrected chi connectivity index (χ4v) is 12.7. The third-order valence-corrected chi connectivity index (χ3v) is 18.8. The zero-order valence-electron chi connectivity index (χ0n) is 56.8. The van der Waals surface area contributed by atoms with Crippen molar-refractivity contribution in [3.8, 4) is 0 Å². The molecule has 1 aliphatic rings. The molecule has 0 aromatic heterocycles. The first-order valence-corrected chi connectivity index (χ1v) is 38.1.